The monoisotopic (exact) mass is 271 g/mol. The quantitative estimate of drug-likeness (QED) is 0.572. The summed E-state index contributed by atoms with van der Waals surface area (Å²) in [6, 6.07) is 7.97. The lowest BCUT2D eigenvalue weighted by molar-refractivity contribution is -0.133. The lowest BCUT2D eigenvalue weighted by Crippen LogP contribution is -2.29. The average Bonchev–Trinajstić information content (AvgIpc) is 2.44. The van der Waals surface area contributed by atoms with Gasteiger partial charge in [0.2, 0.25) is 0 Å². The molecule has 6 heteroatoms. The number of phenolic OH excluding ortho intramolecular Hbond substituents is 1. The van der Waals surface area contributed by atoms with E-state index in [0.29, 0.717) is 5.69 Å². The molecule has 2 rings (SSSR count). The molecule has 0 saturated heterocycles. The second-order valence-electron chi connectivity index (χ2n) is 4.17. The minimum Gasteiger partial charge on any atom is -0.506 e. The number of aryl methyl sites for hydroxylation is 1. The molecule has 20 heavy (non-hydrogen) atoms. The Morgan fingerprint density at radius 3 is 2.60 bits per heavy atom. The van der Waals surface area contributed by atoms with E-state index in [0.717, 1.165) is 5.56 Å². The minimum atomic E-state index is -0.866. The maximum Gasteiger partial charge on any atom is 0.314 e. The maximum atomic E-state index is 11.7. The van der Waals surface area contributed by atoms with Crippen LogP contribution in [0.4, 0.5) is 11.4 Å². The van der Waals surface area contributed by atoms with Crippen molar-refractivity contribution in [2.45, 2.75) is 6.92 Å². The molecule has 0 unspecified atom stereocenters. The van der Waals surface area contributed by atoms with Crippen LogP contribution in [0.15, 0.2) is 42.7 Å². The Bertz CT molecular complexity index is 641. The van der Waals surface area contributed by atoms with E-state index in [4.69, 9.17) is 0 Å². The lowest BCUT2D eigenvalue weighted by atomic mass is 10.2. The Labute approximate surface area is 115 Å². The molecule has 0 aliphatic heterocycles. The first-order valence-electron chi connectivity index (χ1n) is 5.88. The molecule has 0 saturated carbocycles. The molecule has 1 heterocycles. The number of carbonyl (C=O) groups excluding carboxylic acids is 2. The summed E-state index contributed by atoms with van der Waals surface area (Å²) in [5.74, 6) is -1.80. The summed E-state index contributed by atoms with van der Waals surface area (Å²) < 4.78 is 0. The number of hydrogen-bond donors (Lipinski definition) is 3. The van der Waals surface area contributed by atoms with Crippen molar-refractivity contribution in [3.63, 3.8) is 0 Å². The Morgan fingerprint density at radius 2 is 1.90 bits per heavy atom. The third kappa shape index (κ3) is 3.32. The van der Waals surface area contributed by atoms with Gasteiger partial charge in [0.05, 0.1) is 17.6 Å². The first kappa shape index (κ1) is 13.5. The van der Waals surface area contributed by atoms with E-state index in [1.54, 1.807) is 30.5 Å². The summed E-state index contributed by atoms with van der Waals surface area (Å²) in [7, 11) is 0. The largest absolute Gasteiger partial charge is 0.506 e. The van der Waals surface area contributed by atoms with Crippen molar-refractivity contribution in [1.82, 2.24) is 4.98 Å². The van der Waals surface area contributed by atoms with Crippen molar-refractivity contribution in [1.29, 1.82) is 0 Å². The summed E-state index contributed by atoms with van der Waals surface area (Å²) >= 11 is 0. The van der Waals surface area contributed by atoms with Crippen LogP contribution in [0, 0.1) is 6.92 Å². The minimum absolute atomic E-state index is 0.0990. The van der Waals surface area contributed by atoms with Crippen molar-refractivity contribution in [3.8, 4) is 5.75 Å². The van der Waals surface area contributed by atoms with Crippen molar-refractivity contribution < 1.29 is 14.7 Å². The summed E-state index contributed by atoms with van der Waals surface area (Å²) in [6.45, 7) is 1.81. The molecule has 1 aromatic heterocycles. The Morgan fingerprint density at radius 1 is 1.15 bits per heavy atom. The number of anilines is 2. The van der Waals surface area contributed by atoms with Gasteiger partial charge >= 0.3 is 11.8 Å². The molecule has 0 bridgehead atoms. The number of pyridine rings is 1. The van der Waals surface area contributed by atoms with Gasteiger partial charge in [0.1, 0.15) is 5.75 Å². The van der Waals surface area contributed by atoms with Crippen LogP contribution in [0.1, 0.15) is 5.56 Å². The number of phenols is 1. The molecule has 0 spiro atoms. The van der Waals surface area contributed by atoms with Crippen LogP contribution in [-0.4, -0.2) is 21.9 Å². The number of aromatic hydroxyl groups is 1. The van der Waals surface area contributed by atoms with Crippen LogP contribution in [0.2, 0.25) is 0 Å². The molecule has 0 radical (unpaired) electrons. The van der Waals surface area contributed by atoms with E-state index in [2.05, 4.69) is 15.6 Å². The number of amides is 2. The van der Waals surface area contributed by atoms with Gasteiger partial charge in [-0.25, -0.2) is 0 Å². The molecule has 2 aromatic rings. The second-order valence-corrected chi connectivity index (χ2v) is 4.17. The lowest BCUT2D eigenvalue weighted by Gasteiger charge is -2.08. The predicted octanol–water partition coefficient (Wildman–Crippen LogP) is 1.67. The van der Waals surface area contributed by atoms with Crippen molar-refractivity contribution >= 4 is 23.2 Å². The molecule has 0 aliphatic rings. The smallest absolute Gasteiger partial charge is 0.314 e. The summed E-state index contributed by atoms with van der Waals surface area (Å²) in [6.07, 6.45) is 2.98. The fraction of sp³-hybridized carbons (Fsp3) is 0.0714. The number of rotatable bonds is 2. The van der Waals surface area contributed by atoms with Crippen molar-refractivity contribution in [2.75, 3.05) is 10.6 Å². The third-order valence-electron chi connectivity index (χ3n) is 2.53. The van der Waals surface area contributed by atoms with Gasteiger partial charge in [-0.1, -0.05) is 6.07 Å². The highest BCUT2D eigenvalue weighted by Crippen LogP contribution is 2.23. The van der Waals surface area contributed by atoms with Crippen LogP contribution in [0.5, 0.6) is 5.75 Å². The van der Waals surface area contributed by atoms with E-state index in [1.165, 1.54) is 12.3 Å². The highest BCUT2D eigenvalue weighted by molar-refractivity contribution is 6.43. The highest BCUT2D eigenvalue weighted by atomic mass is 16.3. The average molecular weight is 271 g/mol. The molecule has 1 aromatic carbocycles. The maximum absolute atomic E-state index is 11.7. The highest BCUT2D eigenvalue weighted by Gasteiger charge is 2.15. The number of nitrogens with zero attached hydrogens (tertiary/aromatic N) is 1. The van der Waals surface area contributed by atoms with Crippen molar-refractivity contribution in [3.05, 3.63) is 48.3 Å². The van der Waals surface area contributed by atoms with Crippen LogP contribution < -0.4 is 10.6 Å². The zero-order valence-corrected chi connectivity index (χ0v) is 10.8. The number of benzene rings is 1. The molecule has 0 atom stereocenters. The van der Waals surface area contributed by atoms with Crippen LogP contribution in [0.3, 0.4) is 0 Å². The number of aromatic nitrogens is 1. The van der Waals surface area contributed by atoms with E-state index in [9.17, 15) is 14.7 Å². The van der Waals surface area contributed by atoms with Gasteiger partial charge in [-0.15, -0.1) is 0 Å². The van der Waals surface area contributed by atoms with E-state index >= 15 is 0 Å². The zero-order chi connectivity index (χ0) is 14.5. The molecule has 102 valence electrons. The number of nitrogens with one attached hydrogen (secondary N) is 2. The van der Waals surface area contributed by atoms with Crippen LogP contribution in [0.25, 0.3) is 0 Å². The van der Waals surface area contributed by atoms with Gasteiger partial charge in [-0.05, 0) is 36.8 Å². The summed E-state index contributed by atoms with van der Waals surface area (Å²) in [5.41, 5.74) is 1.46. The Hall–Kier alpha value is -2.89. The predicted molar refractivity (Wildman–Crippen MR) is 74.3 cm³/mol. The molecule has 2 amide bonds. The zero-order valence-electron chi connectivity index (χ0n) is 10.8. The van der Waals surface area contributed by atoms with Gasteiger partial charge in [0, 0.05) is 6.20 Å². The first-order valence-corrected chi connectivity index (χ1v) is 5.88. The van der Waals surface area contributed by atoms with E-state index in [1.807, 2.05) is 6.92 Å². The molecular weight excluding hydrogens is 258 g/mol. The molecule has 0 aliphatic carbocycles. The molecule has 0 fully saturated rings. The van der Waals surface area contributed by atoms with Gasteiger partial charge in [0.25, 0.3) is 0 Å². The van der Waals surface area contributed by atoms with Gasteiger partial charge in [-0.3, -0.25) is 14.6 Å². The standard InChI is InChI=1S/C14H13N3O3/c1-9-4-5-12(18)11(7-9)17-14(20)13(19)16-10-3-2-6-15-8-10/h2-8,18H,1H3,(H,16,19)(H,17,20). The number of hydrogen-bond acceptors (Lipinski definition) is 4. The van der Waals surface area contributed by atoms with Gasteiger partial charge < -0.3 is 15.7 Å². The SMILES string of the molecule is Cc1ccc(O)c(NC(=O)C(=O)Nc2cccnc2)c1. The van der Waals surface area contributed by atoms with Crippen molar-refractivity contribution in [2.24, 2.45) is 0 Å². The Balaban J connectivity index is 2.04. The summed E-state index contributed by atoms with van der Waals surface area (Å²) in [4.78, 5) is 27.2. The Kier molecular flexibility index (Phi) is 3.95. The third-order valence-corrected chi connectivity index (χ3v) is 2.53. The fourth-order valence-electron chi connectivity index (χ4n) is 1.55. The normalized spacial score (nSPS) is 9.85. The summed E-state index contributed by atoms with van der Waals surface area (Å²) in [5, 5.41) is 14.3. The first-order chi connectivity index (χ1) is 9.56. The fourth-order valence-corrected chi connectivity index (χ4v) is 1.55. The second kappa shape index (κ2) is 5.83. The molecule has 6 nitrogen and oxygen atoms in total. The van der Waals surface area contributed by atoms with Gasteiger partial charge in [0.15, 0.2) is 0 Å². The van der Waals surface area contributed by atoms with E-state index in [-0.39, 0.29) is 11.4 Å². The molecule has 3 N–H and O–H groups in total. The van der Waals surface area contributed by atoms with E-state index < -0.39 is 11.8 Å². The topological polar surface area (TPSA) is 91.3 Å². The number of carbonyl (C=O) groups is 2. The van der Waals surface area contributed by atoms with Gasteiger partial charge in [-0.2, -0.15) is 0 Å². The van der Waals surface area contributed by atoms with Crippen LogP contribution in [-0.2, 0) is 9.59 Å². The van der Waals surface area contributed by atoms with Crippen LogP contribution >= 0.6 is 0 Å². The molecular formula is C14H13N3O3.